The van der Waals surface area contributed by atoms with Crippen molar-refractivity contribution in [2.45, 2.75) is 0 Å². The summed E-state index contributed by atoms with van der Waals surface area (Å²) in [5.74, 6) is -1.47. The van der Waals surface area contributed by atoms with Crippen LogP contribution in [-0.2, 0) is 0 Å². The number of hydrogen-bond acceptors (Lipinski definition) is 6. The molecule has 0 N–H and O–H groups in total. The van der Waals surface area contributed by atoms with Gasteiger partial charge in [0.2, 0.25) is 0 Å². The predicted octanol–water partition coefficient (Wildman–Crippen LogP) is 1.23. The Kier molecular flexibility index (Phi) is 3.19. The number of benzene rings is 1. The van der Waals surface area contributed by atoms with Crippen molar-refractivity contribution in [2.75, 3.05) is 7.11 Å². The predicted molar refractivity (Wildman–Crippen MR) is 61.7 cm³/mol. The number of methoxy groups -OCH3 is 1. The first-order valence-electron chi connectivity index (χ1n) is 5.17. The number of carbonyl (C=O) groups excluding carboxylic acids is 1. The SMILES string of the molecule is COc1ccc(-c2ccc(C(=O)[O-])o2)c([N+](=O)[O-])c1. The zero-order valence-electron chi connectivity index (χ0n) is 9.78. The third kappa shape index (κ3) is 2.39. The highest BCUT2D eigenvalue weighted by atomic mass is 16.6. The van der Waals surface area contributed by atoms with Gasteiger partial charge in [-0.05, 0) is 24.3 Å². The summed E-state index contributed by atoms with van der Waals surface area (Å²) in [5, 5.41) is 21.6. The molecule has 7 heteroatoms. The standard InChI is InChI=1S/C12H9NO6/c1-18-7-2-3-8(9(6-7)13(16)17)10-4-5-11(19-10)12(14)15/h2-6H,1H3,(H,14,15)/p-1. The molecule has 1 aromatic carbocycles. The van der Waals surface area contributed by atoms with Crippen molar-refractivity contribution in [2.24, 2.45) is 0 Å². The van der Waals surface area contributed by atoms with Crippen LogP contribution in [-0.4, -0.2) is 18.0 Å². The van der Waals surface area contributed by atoms with Gasteiger partial charge in [-0.2, -0.15) is 0 Å². The number of nitrogens with zero attached hydrogens (tertiary/aromatic N) is 1. The van der Waals surface area contributed by atoms with Gasteiger partial charge in [0.05, 0.1) is 23.7 Å². The lowest BCUT2D eigenvalue weighted by atomic mass is 10.1. The molecule has 2 aromatic rings. The average Bonchev–Trinajstić information content (AvgIpc) is 2.87. The van der Waals surface area contributed by atoms with Gasteiger partial charge in [0.1, 0.15) is 23.2 Å². The van der Waals surface area contributed by atoms with E-state index in [2.05, 4.69) is 0 Å². The highest BCUT2D eigenvalue weighted by molar-refractivity contribution is 5.84. The van der Waals surface area contributed by atoms with Crippen LogP contribution in [0.4, 0.5) is 5.69 Å². The van der Waals surface area contributed by atoms with Crippen molar-refractivity contribution in [1.82, 2.24) is 0 Å². The maximum atomic E-state index is 11.0. The molecule has 0 spiro atoms. The van der Waals surface area contributed by atoms with Crippen LogP contribution in [0.15, 0.2) is 34.7 Å². The summed E-state index contributed by atoms with van der Waals surface area (Å²) in [6.45, 7) is 0. The minimum atomic E-state index is -1.48. The van der Waals surface area contributed by atoms with Crippen molar-refractivity contribution < 1.29 is 24.0 Å². The Morgan fingerprint density at radius 1 is 1.32 bits per heavy atom. The summed E-state index contributed by atoms with van der Waals surface area (Å²) in [4.78, 5) is 21.0. The lowest BCUT2D eigenvalue weighted by molar-refractivity contribution is -0.384. The molecular formula is C12H8NO6-. The number of rotatable bonds is 4. The average molecular weight is 262 g/mol. The number of carboxylic acids is 1. The van der Waals surface area contributed by atoms with Gasteiger partial charge in [-0.1, -0.05) is 0 Å². The van der Waals surface area contributed by atoms with Crippen LogP contribution in [0.1, 0.15) is 10.6 Å². The van der Waals surface area contributed by atoms with Crippen LogP contribution in [0.5, 0.6) is 5.75 Å². The smallest absolute Gasteiger partial charge is 0.284 e. The van der Waals surface area contributed by atoms with Crippen LogP contribution < -0.4 is 9.84 Å². The van der Waals surface area contributed by atoms with Crippen molar-refractivity contribution >= 4 is 11.7 Å². The quantitative estimate of drug-likeness (QED) is 0.606. The van der Waals surface area contributed by atoms with Gasteiger partial charge < -0.3 is 19.1 Å². The molecule has 0 unspecified atom stereocenters. The molecule has 1 heterocycles. The lowest BCUT2D eigenvalue weighted by Crippen LogP contribution is -2.21. The Morgan fingerprint density at radius 2 is 2.05 bits per heavy atom. The van der Waals surface area contributed by atoms with Crippen molar-refractivity contribution in [1.29, 1.82) is 0 Å². The molecule has 19 heavy (non-hydrogen) atoms. The first kappa shape index (κ1) is 12.6. The number of nitro benzene ring substituents is 1. The fraction of sp³-hybridized carbons (Fsp3) is 0.0833. The Hall–Kier alpha value is -2.83. The molecule has 0 atom stereocenters. The largest absolute Gasteiger partial charge is 0.542 e. The van der Waals surface area contributed by atoms with Crippen LogP contribution in [0.25, 0.3) is 11.3 Å². The molecule has 0 saturated carbocycles. The van der Waals surface area contributed by atoms with Gasteiger partial charge >= 0.3 is 0 Å². The second-order valence-electron chi connectivity index (χ2n) is 3.59. The molecule has 7 nitrogen and oxygen atoms in total. The molecule has 1 aromatic heterocycles. The maximum absolute atomic E-state index is 11.0. The van der Waals surface area contributed by atoms with Crippen LogP contribution >= 0.6 is 0 Å². The first-order chi connectivity index (χ1) is 9.02. The molecular weight excluding hydrogens is 254 g/mol. The van der Waals surface area contributed by atoms with Gasteiger partial charge in [-0.25, -0.2) is 0 Å². The Morgan fingerprint density at radius 3 is 2.58 bits per heavy atom. The van der Waals surface area contributed by atoms with Crippen molar-refractivity contribution in [3.63, 3.8) is 0 Å². The summed E-state index contributed by atoms with van der Waals surface area (Å²) in [5.41, 5.74) is -0.0723. The van der Waals surface area contributed by atoms with Crippen LogP contribution in [0, 0.1) is 10.1 Å². The second kappa shape index (κ2) is 4.81. The molecule has 98 valence electrons. The number of carboxylic acid groups (broad SMARTS) is 1. The van der Waals surface area contributed by atoms with E-state index in [0.717, 1.165) is 0 Å². The Labute approximate surface area is 107 Å². The maximum Gasteiger partial charge on any atom is 0.284 e. The summed E-state index contributed by atoms with van der Waals surface area (Å²) < 4.78 is 9.89. The van der Waals surface area contributed by atoms with Gasteiger partial charge in [0.25, 0.3) is 5.69 Å². The van der Waals surface area contributed by atoms with E-state index in [0.29, 0.717) is 5.75 Å². The zero-order chi connectivity index (χ0) is 14.0. The minimum Gasteiger partial charge on any atom is -0.542 e. The van der Waals surface area contributed by atoms with E-state index < -0.39 is 10.9 Å². The van der Waals surface area contributed by atoms with Gasteiger partial charge in [-0.15, -0.1) is 0 Å². The van der Waals surface area contributed by atoms with Gasteiger partial charge in [0.15, 0.2) is 0 Å². The number of nitro groups is 1. The van der Waals surface area contributed by atoms with Gasteiger partial charge in [0, 0.05) is 0 Å². The number of aromatic carboxylic acids is 1. The second-order valence-corrected chi connectivity index (χ2v) is 3.59. The number of furan rings is 1. The minimum absolute atomic E-state index is 0.0774. The van der Waals surface area contributed by atoms with Crippen molar-refractivity contribution in [3.05, 3.63) is 46.2 Å². The van der Waals surface area contributed by atoms with E-state index in [1.807, 2.05) is 0 Å². The molecule has 0 saturated heterocycles. The van der Waals surface area contributed by atoms with E-state index in [9.17, 15) is 20.0 Å². The number of carbonyl (C=O) groups is 1. The molecule has 0 radical (unpaired) electrons. The fourth-order valence-corrected chi connectivity index (χ4v) is 1.59. The van der Waals surface area contributed by atoms with Crippen LogP contribution in [0.3, 0.4) is 0 Å². The van der Waals surface area contributed by atoms with Crippen molar-refractivity contribution in [3.8, 4) is 17.1 Å². The van der Waals surface area contributed by atoms with E-state index in [1.165, 1.54) is 37.4 Å². The monoisotopic (exact) mass is 262 g/mol. The Balaban J connectivity index is 2.54. The number of ether oxygens (including phenoxy) is 1. The molecule has 0 aliphatic rings. The van der Waals surface area contributed by atoms with E-state index in [-0.39, 0.29) is 22.8 Å². The summed E-state index contributed by atoms with van der Waals surface area (Å²) >= 11 is 0. The lowest BCUT2D eigenvalue weighted by Gasteiger charge is -2.03. The summed E-state index contributed by atoms with van der Waals surface area (Å²) in [7, 11) is 1.39. The topological polar surface area (TPSA) is 106 Å². The third-order valence-electron chi connectivity index (χ3n) is 2.47. The molecule has 0 amide bonds. The normalized spacial score (nSPS) is 10.2. The molecule has 0 fully saturated rings. The molecule has 0 bridgehead atoms. The van der Waals surface area contributed by atoms with E-state index >= 15 is 0 Å². The molecule has 0 aliphatic carbocycles. The van der Waals surface area contributed by atoms with E-state index in [4.69, 9.17) is 9.15 Å². The molecule has 2 rings (SSSR count). The fourth-order valence-electron chi connectivity index (χ4n) is 1.59. The third-order valence-corrected chi connectivity index (χ3v) is 2.47. The molecule has 0 aliphatic heterocycles. The summed E-state index contributed by atoms with van der Waals surface area (Å²) in [6, 6.07) is 6.69. The van der Waals surface area contributed by atoms with E-state index in [1.54, 1.807) is 0 Å². The highest BCUT2D eigenvalue weighted by Gasteiger charge is 2.19. The Bertz CT molecular complexity index is 645. The van der Waals surface area contributed by atoms with Gasteiger partial charge in [-0.3, -0.25) is 10.1 Å². The summed E-state index contributed by atoms with van der Waals surface area (Å²) in [6.07, 6.45) is 0. The highest BCUT2D eigenvalue weighted by Crippen LogP contribution is 2.33. The number of hydrogen-bond donors (Lipinski definition) is 0. The first-order valence-corrected chi connectivity index (χ1v) is 5.17. The van der Waals surface area contributed by atoms with Crippen LogP contribution in [0.2, 0.25) is 0 Å². The zero-order valence-corrected chi connectivity index (χ0v) is 9.78.